The molecular weight excluding hydrogens is 420 g/mol. The Kier molecular flexibility index (Phi) is 5.77. The second-order valence-corrected chi connectivity index (χ2v) is 8.73. The second-order valence-electron chi connectivity index (χ2n) is 6.53. The van der Waals surface area contributed by atoms with Crippen LogP contribution in [0.4, 0.5) is 16.5 Å². The number of fused-ring (bicyclic) bond motifs is 1. The van der Waals surface area contributed by atoms with Crippen LogP contribution >= 0.6 is 23.1 Å². The molecule has 152 valence electrons. The Morgan fingerprint density at radius 2 is 1.97 bits per heavy atom. The monoisotopic (exact) mass is 438 g/mol. The standard InChI is InChI=1S/C20H18N6O2S2/c1-11-5-3-8-15-17(11)23-16(24-18(15)28)10-29-20-26-25-19(30-20)22-14-7-4-6-13(9-14)21-12(2)27/h3-9H,10H2,1-2H3,(H,21,27)(H,22,25)(H,23,24,28). The molecule has 0 bridgehead atoms. The van der Waals surface area contributed by atoms with Gasteiger partial charge in [0.1, 0.15) is 5.82 Å². The summed E-state index contributed by atoms with van der Waals surface area (Å²) in [5.74, 6) is 0.948. The highest BCUT2D eigenvalue weighted by Gasteiger charge is 2.10. The number of rotatable bonds is 6. The zero-order valence-electron chi connectivity index (χ0n) is 16.2. The van der Waals surface area contributed by atoms with Crippen molar-refractivity contribution in [3.05, 3.63) is 64.2 Å². The molecule has 0 aliphatic rings. The lowest BCUT2D eigenvalue weighted by molar-refractivity contribution is -0.114. The summed E-state index contributed by atoms with van der Waals surface area (Å²) >= 11 is 2.86. The minimum Gasteiger partial charge on any atom is -0.330 e. The van der Waals surface area contributed by atoms with Gasteiger partial charge in [0.2, 0.25) is 11.0 Å². The fourth-order valence-corrected chi connectivity index (χ4v) is 4.51. The first-order valence-electron chi connectivity index (χ1n) is 9.07. The Hall–Kier alpha value is -3.24. The Bertz CT molecular complexity index is 1280. The summed E-state index contributed by atoms with van der Waals surface area (Å²) in [4.78, 5) is 30.9. The van der Waals surface area contributed by atoms with Crippen molar-refractivity contribution >= 4 is 56.4 Å². The molecule has 0 atom stereocenters. The topological polar surface area (TPSA) is 113 Å². The number of thioether (sulfide) groups is 1. The Morgan fingerprint density at radius 3 is 2.80 bits per heavy atom. The van der Waals surface area contributed by atoms with E-state index in [-0.39, 0.29) is 11.5 Å². The molecule has 4 aromatic rings. The lowest BCUT2D eigenvalue weighted by Gasteiger charge is -2.05. The first-order valence-corrected chi connectivity index (χ1v) is 10.9. The van der Waals surface area contributed by atoms with Gasteiger partial charge < -0.3 is 15.6 Å². The van der Waals surface area contributed by atoms with Crippen molar-refractivity contribution in [2.24, 2.45) is 0 Å². The van der Waals surface area contributed by atoms with E-state index in [0.29, 0.717) is 27.8 Å². The third-order valence-electron chi connectivity index (χ3n) is 4.16. The molecule has 30 heavy (non-hydrogen) atoms. The van der Waals surface area contributed by atoms with Crippen molar-refractivity contribution in [2.75, 3.05) is 10.6 Å². The fraction of sp³-hybridized carbons (Fsp3) is 0.150. The number of anilines is 3. The summed E-state index contributed by atoms with van der Waals surface area (Å²) in [5, 5.41) is 15.5. The van der Waals surface area contributed by atoms with Gasteiger partial charge in [-0.3, -0.25) is 9.59 Å². The van der Waals surface area contributed by atoms with Crippen molar-refractivity contribution in [3.63, 3.8) is 0 Å². The molecule has 0 radical (unpaired) electrons. The van der Waals surface area contributed by atoms with Gasteiger partial charge in [0.15, 0.2) is 4.34 Å². The van der Waals surface area contributed by atoms with Crippen LogP contribution in [0.2, 0.25) is 0 Å². The average Bonchev–Trinajstić information content (AvgIpc) is 3.14. The number of nitrogens with zero attached hydrogens (tertiary/aromatic N) is 3. The third-order valence-corrected chi connectivity index (χ3v) is 6.14. The molecule has 2 aromatic heterocycles. The molecular formula is C20H18N6O2S2. The maximum Gasteiger partial charge on any atom is 0.258 e. The van der Waals surface area contributed by atoms with Crippen LogP contribution in [0.5, 0.6) is 0 Å². The van der Waals surface area contributed by atoms with Gasteiger partial charge in [-0.05, 0) is 36.8 Å². The SMILES string of the molecule is CC(=O)Nc1cccc(Nc2nnc(SCc3nc4c(C)cccc4c(=O)[nH]3)s2)c1. The van der Waals surface area contributed by atoms with Gasteiger partial charge in [-0.15, -0.1) is 10.2 Å². The summed E-state index contributed by atoms with van der Waals surface area (Å²) in [5.41, 5.74) is 3.04. The summed E-state index contributed by atoms with van der Waals surface area (Å²) in [7, 11) is 0. The maximum absolute atomic E-state index is 12.3. The molecule has 8 nitrogen and oxygen atoms in total. The molecule has 4 rings (SSSR count). The number of para-hydroxylation sites is 1. The molecule has 0 saturated carbocycles. The molecule has 3 N–H and O–H groups in total. The molecule has 0 saturated heterocycles. The number of carbonyl (C=O) groups is 1. The van der Waals surface area contributed by atoms with Crippen molar-refractivity contribution in [1.29, 1.82) is 0 Å². The predicted molar refractivity (Wildman–Crippen MR) is 121 cm³/mol. The summed E-state index contributed by atoms with van der Waals surface area (Å²) < 4.78 is 0.753. The minimum atomic E-state index is -0.141. The summed E-state index contributed by atoms with van der Waals surface area (Å²) in [6.45, 7) is 3.41. The van der Waals surface area contributed by atoms with E-state index in [2.05, 4.69) is 30.8 Å². The van der Waals surface area contributed by atoms with Crippen LogP contribution in [-0.2, 0) is 10.5 Å². The summed E-state index contributed by atoms with van der Waals surface area (Å²) in [6, 6.07) is 12.9. The first-order chi connectivity index (χ1) is 14.5. The van der Waals surface area contributed by atoms with E-state index in [1.165, 1.54) is 30.0 Å². The highest BCUT2D eigenvalue weighted by Crippen LogP contribution is 2.30. The number of amides is 1. The van der Waals surface area contributed by atoms with Crippen molar-refractivity contribution in [2.45, 2.75) is 23.9 Å². The number of aromatic nitrogens is 4. The molecule has 0 aliphatic carbocycles. The zero-order valence-corrected chi connectivity index (χ0v) is 17.9. The molecule has 0 spiro atoms. The van der Waals surface area contributed by atoms with E-state index in [4.69, 9.17) is 0 Å². The number of hydrogen-bond acceptors (Lipinski definition) is 8. The van der Waals surface area contributed by atoms with E-state index in [9.17, 15) is 9.59 Å². The normalized spacial score (nSPS) is 10.9. The average molecular weight is 439 g/mol. The second kappa shape index (κ2) is 8.64. The molecule has 2 heterocycles. The molecule has 0 aliphatic heterocycles. The largest absolute Gasteiger partial charge is 0.330 e. The highest BCUT2D eigenvalue weighted by atomic mass is 32.2. The van der Waals surface area contributed by atoms with E-state index < -0.39 is 0 Å². The van der Waals surface area contributed by atoms with Gasteiger partial charge in [0, 0.05) is 18.3 Å². The van der Waals surface area contributed by atoms with Crippen LogP contribution in [-0.4, -0.2) is 26.1 Å². The number of H-pyrrole nitrogens is 1. The number of hydrogen-bond donors (Lipinski definition) is 3. The van der Waals surface area contributed by atoms with Crippen LogP contribution in [0, 0.1) is 6.92 Å². The Morgan fingerprint density at radius 1 is 1.17 bits per heavy atom. The number of aromatic amines is 1. The highest BCUT2D eigenvalue weighted by molar-refractivity contribution is 8.00. The van der Waals surface area contributed by atoms with Crippen LogP contribution in [0.3, 0.4) is 0 Å². The number of nitrogens with one attached hydrogen (secondary N) is 3. The van der Waals surface area contributed by atoms with E-state index >= 15 is 0 Å². The smallest absolute Gasteiger partial charge is 0.258 e. The first kappa shape index (κ1) is 20.0. The molecule has 0 unspecified atom stereocenters. The van der Waals surface area contributed by atoms with Crippen molar-refractivity contribution in [1.82, 2.24) is 20.2 Å². The van der Waals surface area contributed by atoms with Gasteiger partial charge in [-0.1, -0.05) is 41.3 Å². The van der Waals surface area contributed by atoms with E-state index in [1.54, 1.807) is 6.07 Å². The van der Waals surface area contributed by atoms with E-state index in [0.717, 1.165) is 21.1 Å². The van der Waals surface area contributed by atoms with Crippen LogP contribution < -0.4 is 16.2 Å². The Labute approximate surface area is 180 Å². The lowest BCUT2D eigenvalue weighted by Crippen LogP contribution is -2.11. The molecule has 10 heteroatoms. The minimum absolute atomic E-state index is 0.128. The molecule has 0 fully saturated rings. The number of carbonyl (C=O) groups excluding carboxylic acids is 1. The van der Waals surface area contributed by atoms with Gasteiger partial charge in [-0.25, -0.2) is 4.98 Å². The number of aryl methyl sites for hydroxylation is 1. The van der Waals surface area contributed by atoms with Crippen LogP contribution in [0.25, 0.3) is 10.9 Å². The van der Waals surface area contributed by atoms with Gasteiger partial charge >= 0.3 is 0 Å². The van der Waals surface area contributed by atoms with Crippen molar-refractivity contribution < 1.29 is 4.79 Å². The molecule has 1 amide bonds. The van der Waals surface area contributed by atoms with Crippen LogP contribution in [0.15, 0.2) is 51.6 Å². The Balaban J connectivity index is 1.44. The van der Waals surface area contributed by atoms with Gasteiger partial charge in [-0.2, -0.15) is 0 Å². The van der Waals surface area contributed by atoms with E-state index in [1.807, 2.05) is 43.3 Å². The predicted octanol–water partition coefficient (Wildman–Crippen LogP) is 4.08. The van der Waals surface area contributed by atoms with Gasteiger partial charge in [0.05, 0.1) is 16.7 Å². The quantitative estimate of drug-likeness (QED) is 0.389. The number of benzene rings is 2. The zero-order chi connectivity index (χ0) is 21.1. The third kappa shape index (κ3) is 4.66. The maximum atomic E-state index is 12.3. The van der Waals surface area contributed by atoms with Crippen LogP contribution in [0.1, 0.15) is 18.3 Å². The van der Waals surface area contributed by atoms with Crippen molar-refractivity contribution in [3.8, 4) is 0 Å². The lowest BCUT2D eigenvalue weighted by atomic mass is 10.1. The van der Waals surface area contributed by atoms with Gasteiger partial charge in [0.25, 0.3) is 5.56 Å². The summed E-state index contributed by atoms with van der Waals surface area (Å²) in [6.07, 6.45) is 0. The fourth-order valence-electron chi connectivity index (χ4n) is 2.87. The molecule has 2 aromatic carbocycles.